The first-order valence-corrected chi connectivity index (χ1v) is 4.78. The standard InChI is InChI=1S/C8H9BrF2N2/c1-4-2-5(3-9)6(7(10)11)13-8(4)12/h2,7H,3H2,1H3,(H2,12,13). The lowest BCUT2D eigenvalue weighted by Gasteiger charge is -2.08. The number of anilines is 1. The Balaban J connectivity index is 3.25. The molecule has 1 heterocycles. The largest absolute Gasteiger partial charge is 0.383 e. The van der Waals surface area contributed by atoms with Crippen LogP contribution >= 0.6 is 15.9 Å². The van der Waals surface area contributed by atoms with E-state index in [2.05, 4.69) is 20.9 Å². The minimum atomic E-state index is -2.57. The summed E-state index contributed by atoms with van der Waals surface area (Å²) in [7, 11) is 0. The van der Waals surface area contributed by atoms with Crippen molar-refractivity contribution in [3.05, 3.63) is 22.9 Å². The highest BCUT2D eigenvalue weighted by molar-refractivity contribution is 9.08. The fourth-order valence-corrected chi connectivity index (χ4v) is 1.44. The number of aromatic nitrogens is 1. The molecule has 0 bridgehead atoms. The van der Waals surface area contributed by atoms with Crippen LogP contribution in [0.15, 0.2) is 6.07 Å². The van der Waals surface area contributed by atoms with Gasteiger partial charge in [0.15, 0.2) is 0 Å². The van der Waals surface area contributed by atoms with Crippen LogP contribution in [0.4, 0.5) is 14.6 Å². The molecule has 13 heavy (non-hydrogen) atoms. The summed E-state index contributed by atoms with van der Waals surface area (Å²) in [4.78, 5) is 3.64. The number of pyridine rings is 1. The van der Waals surface area contributed by atoms with Crippen molar-refractivity contribution in [2.24, 2.45) is 0 Å². The van der Waals surface area contributed by atoms with E-state index >= 15 is 0 Å². The van der Waals surface area contributed by atoms with Crippen LogP contribution in [-0.4, -0.2) is 4.98 Å². The van der Waals surface area contributed by atoms with E-state index in [1.54, 1.807) is 13.0 Å². The van der Waals surface area contributed by atoms with Crippen LogP contribution in [-0.2, 0) is 5.33 Å². The summed E-state index contributed by atoms with van der Waals surface area (Å²) in [5.41, 5.74) is 6.39. The van der Waals surface area contributed by atoms with Crippen LogP contribution in [0.5, 0.6) is 0 Å². The number of hydrogen-bond acceptors (Lipinski definition) is 2. The molecule has 0 unspecified atom stereocenters. The zero-order valence-electron chi connectivity index (χ0n) is 7.02. The molecule has 0 spiro atoms. The smallest absolute Gasteiger partial charge is 0.280 e. The predicted octanol–water partition coefficient (Wildman–Crippen LogP) is 2.80. The Kier molecular flexibility index (Phi) is 3.19. The molecule has 2 N–H and O–H groups in total. The van der Waals surface area contributed by atoms with Crippen molar-refractivity contribution in [3.8, 4) is 0 Å². The molecular formula is C8H9BrF2N2. The van der Waals surface area contributed by atoms with Crippen LogP contribution in [0.1, 0.15) is 23.2 Å². The fourth-order valence-electron chi connectivity index (χ4n) is 0.995. The van der Waals surface area contributed by atoms with E-state index < -0.39 is 6.43 Å². The second-order valence-electron chi connectivity index (χ2n) is 2.67. The van der Waals surface area contributed by atoms with Crippen molar-refractivity contribution < 1.29 is 8.78 Å². The van der Waals surface area contributed by atoms with Crippen LogP contribution in [0, 0.1) is 6.92 Å². The summed E-state index contributed by atoms with van der Waals surface area (Å²) in [6, 6.07) is 1.62. The molecule has 1 aromatic heterocycles. The first kappa shape index (κ1) is 10.4. The topological polar surface area (TPSA) is 38.9 Å². The molecule has 72 valence electrons. The van der Waals surface area contributed by atoms with Crippen molar-refractivity contribution in [2.45, 2.75) is 18.7 Å². The summed E-state index contributed by atoms with van der Waals surface area (Å²) < 4.78 is 24.8. The Hall–Kier alpha value is -0.710. The SMILES string of the molecule is Cc1cc(CBr)c(C(F)F)nc1N. The van der Waals surface area contributed by atoms with Gasteiger partial charge in [-0.05, 0) is 24.1 Å². The van der Waals surface area contributed by atoms with Gasteiger partial charge in [0.1, 0.15) is 11.5 Å². The number of alkyl halides is 3. The summed E-state index contributed by atoms with van der Waals surface area (Å²) in [5.74, 6) is 0.167. The molecule has 0 aliphatic heterocycles. The second-order valence-corrected chi connectivity index (χ2v) is 3.23. The van der Waals surface area contributed by atoms with Gasteiger partial charge in [0.05, 0.1) is 0 Å². The van der Waals surface area contributed by atoms with E-state index in [-0.39, 0.29) is 11.5 Å². The molecule has 0 saturated heterocycles. The Labute approximate surface area is 83.3 Å². The van der Waals surface area contributed by atoms with E-state index in [1.165, 1.54) is 0 Å². The molecule has 1 rings (SSSR count). The van der Waals surface area contributed by atoms with E-state index in [9.17, 15) is 8.78 Å². The minimum Gasteiger partial charge on any atom is -0.383 e. The quantitative estimate of drug-likeness (QED) is 0.821. The molecule has 0 saturated carbocycles. The highest BCUT2D eigenvalue weighted by Gasteiger charge is 2.15. The number of halogens is 3. The normalized spacial score (nSPS) is 10.8. The van der Waals surface area contributed by atoms with Gasteiger partial charge in [0.25, 0.3) is 6.43 Å². The number of nitrogens with two attached hydrogens (primary N) is 1. The van der Waals surface area contributed by atoms with Crippen molar-refractivity contribution in [1.29, 1.82) is 0 Å². The van der Waals surface area contributed by atoms with Gasteiger partial charge in [-0.3, -0.25) is 0 Å². The lowest BCUT2D eigenvalue weighted by Crippen LogP contribution is -2.03. The minimum absolute atomic E-state index is 0.167. The molecule has 1 aromatic rings. The average Bonchev–Trinajstić information content (AvgIpc) is 2.08. The third kappa shape index (κ3) is 2.15. The molecule has 0 atom stereocenters. The van der Waals surface area contributed by atoms with E-state index in [4.69, 9.17) is 5.73 Å². The molecule has 0 radical (unpaired) electrons. The Bertz CT molecular complexity index is 315. The third-order valence-electron chi connectivity index (χ3n) is 1.72. The summed E-state index contributed by atoms with van der Waals surface area (Å²) in [6.07, 6.45) is -2.57. The van der Waals surface area contributed by atoms with Gasteiger partial charge in [-0.25, -0.2) is 13.8 Å². The van der Waals surface area contributed by atoms with Gasteiger partial charge >= 0.3 is 0 Å². The van der Waals surface area contributed by atoms with E-state index in [0.29, 0.717) is 10.9 Å². The maximum atomic E-state index is 12.4. The van der Waals surface area contributed by atoms with Crippen LogP contribution < -0.4 is 5.73 Å². The summed E-state index contributed by atoms with van der Waals surface area (Å²) in [5, 5.41) is 0.362. The number of rotatable bonds is 2. The number of nitrogen functional groups attached to an aromatic ring is 1. The monoisotopic (exact) mass is 250 g/mol. The lowest BCUT2D eigenvalue weighted by atomic mass is 10.1. The Morgan fingerprint density at radius 2 is 2.23 bits per heavy atom. The second kappa shape index (κ2) is 4.00. The highest BCUT2D eigenvalue weighted by atomic mass is 79.9. The summed E-state index contributed by atoms with van der Waals surface area (Å²) >= 11 is 3.12. The fraction of sp³-hybridized carbons (Fsp3) is 0.375. The molecule has 0 amide bonds. The van der Waals surface area contributed by atoms with Crippen LogP contribution in [0.3, 0.4) is 0 Å². The molecule has 2 nitrogen and oxygen atoms in total. The average molecular weight is 251 g/mol. The van der Waals surface area contributed by atoms with Gasteiger partial charge in [-0.2, -0.15) is 0 Å². The van der Waals surface area contributed by atoms with Crippen molar-refractivity contribution in [3.63, 3.8) is 0 Å². The van der Waals surface area contributed by atoms with E-state index in [0.717, 1.165) is 5.56 Å². The number of nitrogens with zero attached hydrogens (tertiary/aromatic N) is 1. The first-order valence-electron chi connectivity index (χ1n) is 3.66. The zero-order valence-corrected chi connectivity index (χ0v) is 8.61. The van der Waals surface area contributed by atoms with Crippen molar-refractivity contribution in [2.75, 3.05) is 5.73 Å². The number of aryl methyl sites for hydroxylation is 1. The molecule has 0 aliphatic rings. The first-order chi connectivity index (χ1) is 6.06. The van der Waals surface area contributed by atoms with Gasteiger partial charge in [-0.15, -0.1) is 0 Å². The van der Waals surface area contributed by atoms with Gasteiger partial charge in [-0.1, -0.05) is 15.9 Å². The molecule has 0 aliphatic carbocycles. The summed E-state index contributed by atoms with van der Waals surface area (Å²) in [6.45, 7) is 1.74. The third-order valence-corrected chi connectivity index (χ3v) is 2.32. The predicted molar refractivity (Wildman–Crippen MR) is 51.0 cm³/mol. The van der Waals surface area contributed by atoms with Crippen molar-refractivity contribution in [1.82, 2.24) is 4.98 Å². The number of hydrogen-bond donors (Lipinski definition) is 1. The van der Waals surface area contributed by atoms with Crippen LogP contribution in [0.25, 0.3) is 0 Å². The van der Waals surface area contributed by atoms with Gasteiger partial charge < -0.3 is 5.73 Å². The molecule has 0 aromatic carbocycles. The maximum Gasteiger partial charge on any atom is 0.280 e. The molecule has 0 fully saturated rings. The van der Waals surface area contributed by atoms with Gasteiger partial charge in [0, 0.05) is 5.33 Å². The van der Waals surface area contributed by atoms with Gasteiger partial charge in [0.2, 0.25) is 0 Å². The van der Waals surface area contributed by atoms with E-state index in [1.807, 2.05) is 0 Å². The maximum absolute atomic E-state index is 12.4. The lowest BCUT2D eigenvalue weighted by molar-refractivity contribution is 0.145. The molecular weight excluding hydrogens is 242 g/mol. The highest BCUT2D eigenvalue weighted by Crippen LogP contribution is 2.25. The Morgan fingerprint density at radius 3 is 2.69 bits per heavy atom. The zero-order chi connectivity index (χ0) is 10.0. The molecule has 5 heteroatoms. The van der Waals surface area contributed by atoms with Crippen LogP contribution in [0.2, 0.25) is 0 Å². The Morgan fingerprint density at radius 1 is 1.62 bits per heavy atom. The van der Waals surface area contributed by atoms with Crippen molar-refractivity contribution >= 4 is 21.7 Å².